The van der Waals surface area contributed by atoms with Gasteiger partial charge < -0.3 is 19.1 Å². The van der Waals surface area contributed by atoms with Crippen LogP contribution in [0.25, 0.3) is 0 Å². The molecule has 0 radical (unpaired) electrons. The second-order valence-corrected chi connectivity index (χ2v) is 9.52. The molecule has 200 valence electrons. The van der Waals surface area contributed by atoms with Gasteiger partial charge in [-0.15, -0.1) is 0 Å². The van der Waals surface area contributed by atoms with Crippen LogP contribution in [0.2, 0.25) is 10.0 Å². The largest absolute Gasteiger partial charge is 0.493 e. The fraction of sp³-hybridized carbons (Fsp3) is 0.192. The summed E-state index contributed by atoms with van der Waals surface area (Å²) >= 11 is 12.4. The highest BCUT2D eigenvalue weighted by atomic mass is 35.5. The van der Waals surface area contributed by atoms with E-state index >= 15 is 0 Å². The summed E-state index contributed by atoms with van der Waals surface area (Å²) in [4.78, 5) is 53.3. The van der Waals surface area contributed by atoms with Crippen molar-refractivity contribution >= 4 is 52.3 Å². The summed E-state index contributed by atoms with van der Waals surface area (Å²) in [6.45, 7) is 0. The van der Waals surface area contributed by atoms with Crippen LogP contribution in [0.15, 0.2) is 48.5 Å². The molecule has 5 rings (SSSR count). The first-order valence-corrected chi connectivity index (χ1v) is 12.1. The van der Waals surface area contributed by atoms with Crippen molar-refractivity contribution in [3.05, 3.63) is 85.4 Å². The van der Waals surface area contributed by atoms with Gasteiger partial charge in [0.05, 0.1) is 43.4 Å². The molecule has 39 heavy (non-hydrogen) atoms. The van der Waals surface area contributed by atoms with E-state index in [1.54, 1.807) is 12.1 Å². The van der Waals surface area contributed by atoms with E-state index in [0.29, 0.717) is 17.0 Å². The molecule has 3 aromatic carbocycles. The number of halogens is 2. The highest BCUT2D eigenvalue weighted by molar-refractivity contribution is 6.35. The van der Waals surface area contributed by atoms with Gasteiger partial charge in [0, 0.05) is 27.9 Å². The number of ether oxygens (including phenoxy) is 3. The molecule has 2 aliphatic rings. The number of carbonyl (C=O) groups excluding carboxylic acids is 3. The third-order valence-corrected chi connectivity index (χ3v) is 7.05. The lowest BCUT2D eigenvalue weighted by molar-refractivity contribution is -0.384. The Bertz CT molecular complexity index is 1530. The highest BCUT2D eigenvalue weighted by Gasteiger charge is 2.58. The Morgan fingerprint density at radius 1 is 0.769 bits per heavy atom. The van der Waals surface area contributed by atoms with Gasteiger partial charge in [0.25, 0.3) is 23.4 Å². The van der Waals surface area contributed by atoms with Crippen molar-refractivity contribution in [3.63, 3.8) is 0 Å². The maximum absolute atomic E-state index is 13.7. The average molecular weight is 572 g/mol. The zero-order valence-corrected chi connectivity index (χ0v) is 22.1. The van der Waals surface area contributed by atoms with E-state index in [9.17, 15) is 24.5 Å². The number of fused-ring (bicyclic) bond motifs is 1. The van der Waals surface area contributed by atoms with Gasteiger partial charge >= 0.3 is 0 Å². The number of hydrogen-bond acceptors (Lipinski definition) is 8. The summed E-state index contributed by atoms with van der Waals surface area (Å²) in [7, 11) is 4.29. The summed E-state index contributed by atoms with van der Waals surface area (Å²) in [5, 5.41) is 11.8. The fourth-order valence-electron chi connectivity index (χ4n) is 4.91. The third kappa shape index (κ3) is 4.10. The maximum Gasteiger partial charge on any atom is 0.270 e. The quantitative estimate of drug-likeness (QED) is 0.173. The van der Waals surface area contributed by atoms with Crippen LogP contribution < -0.4 is 19.1 Å². The van der Waals surface area contributed by atoms with E-state index in [1.165, 1.54) is 50.5 Å². The molecule has 0 aromatic heterocycles. The summed E-state index contributed by atoms with van der Waals surface area (Å²) in [6.07, 6.45) is 0. The van der Waals surface area contributed by atoms with Crippen LogP contribution in [-0.4, -0.2) is 54.9 Å². The molecule has 0 aliphatic carbocycles. The number of amides is 3. The monoisotopic (exact) mass is 571 g/mol. The van der Waals surface area contributed by atoms with Crippen molar-refractivity contribution in [1.82, 2.24) is 4.90 Å². The molecule has 13 heteroatoms. The van der Waals surface area contributed by atoms with Crippen molar-refractivity contribution in [2.24, 2.45) is 0 Å². The first-order chi connectivity index (χ1) is 18.6. The number of carbonyl (C=O) groups is 3. The molecule has 11 nitrogen and oxygen atoms in total. The first kappa shape index (κ1) is 26.3. The van der Waals surface area contributed by atoms with Crippen molar-refractivity contribution < 1.29 is 33.5 Å². The van der Waals surface area contributed by atoms with Crippen LogP contribution in [0.5, 0.6) is 17.2 Å². The molecule has 0 unspecified atom stereocenters. The predicted octanol–water partition coefficient (Wildman–Crippen LogP) is 4.68. The molecular formula is C26H19Cl2N3O8. The summed E-state index contributed by atoms with van der Waals surface area (Å²) in [5.74, 6) is -1.28. The van der Waals surface area contributed by atoms with E-state index in [0.717, 1.165) is 17.0 Å². The lowest BCUT2D eigenvalue weighted by atomic mass is 9.86. The third-order valence-electron chi connectivity index (χ3n) is 6.61. The minimum absolute atomic E-state index is 0.0358. The van der Waals surface area contributed by atoms with Crippen molar-refractivity contribution in [2.45, 2.75) is 12.1 Å². The number of benzene rings is 3. The van der Waals surface area contributed by atoms with E-state index in [2.05, 4.69) is 0 Å². The molecule has 2 atom stereocenters. The molecule has 1 saturated heterocycles. The van der Waals surface area contributed by atoms with Crippen molar-refractivity contribution in [2.75, 3.05) is 26.2 Å². The lowest BCUT2D eigenvalue weighted by Crippen LogP contribution is -2.67. The second-order valence-electron chi connectivity index (χ2n) is 8.65. The van der Waals surface area contributed by atoms with Crippen LogP contribution in [0.1, 0.15) is 32.3 Å². The van der Waals surface area contributed by atoms with Crippen LogP contribution >= 0.6 is 23.2 Å². The standard InChI is InChI=1S/C26H19Cl2N3O8/c1-37-19-6-12(7-20(38-2)23(19)39-3)21-22(26(34)29(21)16-9-13(27)8-14(28)10-16)30-24(32)17-5-4-15(31(35)36)11-18(17)25(30)33/h4-11,21-22H,1-3H3/t21-,22+/m0/s1. The number of rotatable bonds is 7. The second kappa shape index (κ2) is 9.75. The van der Waals surface area contributed by atoms with Gasteiger partial charge in [0.2, 0.25) is 5.75 Å². The molecular weight excluding hydrogens is 553 g/mol. The molecule has 1 fully saturated rings. The number of methoxy groups -OCH3 is 3. The predicted molar refractivity (Wildman–Crippen MR) is 140 cm³/mol. The molecule has 0 N–H and O–H groups in total. The van der Waals surface area contributed by atoms with Crippen molar-refractivity contribution in [1.29, 1.82) is 0 Å². The highest BCUT2D eigenvalue weighted by Crippen LogP contribution is 2.49. The van der Waals surface area contributed by atoms with Gasteiger partial charge in [-0.05, 0) is 42.0 Å². The minimum atomic E-state index is -1.29. The van der Waals surface area contributed by atoms with Crippen LogP contribution in [0.4, 0.5) is 11.4 Å². The average Bonchev–Trinajstić information content (AvgIpc) is 3.14. The molecule has 3 amide bonds. The van der Waals surface area contributed by atoms with Gasteiger partial charge in [-0.1, -0.05) is 23.2 Å². The molecule has 2 heterocycles. The van der Waals surface area contributed by atoms with Gasteiger partial charge in [-0.25, -0.2) is 0 Å². The van der Waals surface area contributed by atoms with Crippen LogP contribution in [0.3, 0.4) is 0 Å². The fourth-order valence-corrected chi connectivity index (χ4v) is 5.42. The Morgan fingerprint density at radius 3 is 1.90 bits per heavy atom. The Hall–Kier alpha value is -4.35. The molecule has 3 aromatic rings. The Balaban J connectivity index is 1.66. The zero-order chi connectivity index (χ0) is 28.2. The van der Waals surface area contributed by atoms with Gasteiger partial charge in [-0.2, -0.15) is 0 Å². The summed E-state index contributed by atoms with van der Waals surface area (Å²) < 4.78 is 16.3. The number of nitrogens with zero attached hydrogens (tertiary/aromatic N) is 3. The zero-order valence-electron chi connectivity index (χ0n) is 20.6. The number of nitro benzene ring substituents is 1. The summed E-state index contributed by atoms with van der Waals surface area (Å²) in [6, 6.07) is 8.92. The van der Waals surface area contributed by atoms with Crippen LogP contribution in [0, 0.1) is 10.1 Å². The van der Waals surface area contributed by atoms with E-state index in [-0.39, 0.29) is 38.4 Å². The number of β-lactam (4-membered cyclic amide) rings is 1. The number of nitro groups is 1. The number of non-ortho nitro benzene ring substituents is 1. The minimum Gasteiger partial charge on any atom is -0.493 e. The molecule has 0 spiro atoms. The lowest BCUT2D eigenvalue weighted by Gasteiger charge is -2.50. The van der Waals surface area contributed by atoms with Crippen LogP contribution in [-0.2, 0) is 4.79 Å². The van der Waals surface area contributed by atoms with Gasteiger partial charge in [0.15, 0.2) is 11.5 Å². The van der Waals surface area contributed by atoms with E-state index < -0.39 is 34.7 Å². The molecule has 0 bridgehead atoms. The molecule has 2 aliphatic heterocycles. The summed E-state index contributed by atoms with van der Waals surface area (Å²) in [5.41, 5.74) is 0.238. The topological polar surface area (TPSA) is 129 Å². The smallest absolute Gasteiger partial charge is 0.270 e. The Labute approximate surface area is 231 Å². The SMILES string of the molecule is COc1cc([C@H]2[C@@H](N3C(=O)c4ccc([N+](=O)[O-])cc4C3=O)C(=O)N2c2cc(Cl)cc(Cl)c2)cc(OC)c1OC. The number of imide groups is 1. The van der Waals surface area contributed by atoms with E-state index in [1.807, 2.05) is 0 Å². The van der Waals surface area contributed by atoms with Crippen molar-refractivity contribution in [3.8, 4) is 17.2 Å². The van der Waals surface area contributed by atoms with Gasteiger partial charge in [0.1, 0.15) is 6.04 Å². The normalized spacial score (nSPS) is 18.1. The number of hydrogen-bond donors (Lipinski definition) is 0. The first-order valence-electron chi connectivity index (χ1n) is 11.4. The maximum atomic E-state index is 13.7. The Morgan fingerprint density at radius 2 is 1.36 bits per heavy atom. The van der Waals surface area contributed by atoms with E-state index in [4.69, 9.17) is 37.4 Å². The molecule has 0 saturated carbocycles. The number of anilines is 1. The Kier molecular flexibility index (Phi) is 6.57. The van der Waals surface area contributed by atoms with Gasteiger partial charge in [-0.3, -0.25) is 29.4 Å².